The fraction of sp³-hybridized carbons (Fsp3) is 0.500. The van der Waals surface area contributed by atoms with Crippen molar-refractivity contribution < 1.29 is 49.6 Å². The summed E-state index contributed by atoms with van der Waals surface area (Å²) in [6.45, 7) is 6.07. The molecule has 0 fully saturated rings. The number of aromatic nitrogens is 2. The third-order valence-electron chi connectivity index (χ3n) is 3.97. The molecule has 0 aliphatic carbocycles. The summed E-state index contributed by atoms with van der Waals surface area (Å²) in [6, 6.07) is 0.960. The topological polar surface area (TPSA) is 122 Å². The van der Waals surface area contributed by atoms with E-state index in [1.807, 2.05) is 0 Å². The van der Waals surface area contributed by atoms with Crippen LogP contribution in [-0.4, -0.2) is 55.3 Å². The van der Waals surface area contributed by atoms with Crippen LogP contribution in [-0.2, 0) is 29.1 Å². The highest BCUT2D eigenvalue weighted by Gasteiger charge is 2.50. The van der Waals surface area contributed by atoms with Gasteiger partial charge in [-0.3, -0.25) is 0 Å². The molecule has 14 heteroatoms. The van der Waals surface area contributed by atoms with Crippen molar-refractivity contribution >= 4 is 27.6 Å². The molecule has 32 heavy (non-hydrogen) atoms. The lowest BCUT2D eigenvalue weighted by molar-refractivity contribution is -0.164. The summed E-state index contributed by atoms with van der Waals surface area (Å²) in [4.78, 5) is 24.3. The van der Waals surface area contributed by atoms with Crippen molar-refractivity contribution in [2.75, 3.05) is 14.2 Å². The average Bonchev–Trinajstić information content (AvgIpc) is 3.07. The Balaban J connectivity index is 2.92. The first kappa shape index (κ1) is 25.4. The molecule has 0 aliphatic rings. The van der Waals surface area contributed by atoms with Crippen LogP contribution >= 0.6 is 0 Å². The molecule has 0 saturated heterocycles. The van der Waals surface area contributed by atoms with E-state index in [-0.39, 0.29) is 22.3 Å². The fourth-order valence-corrected chi connectivity index (χ4v) is 3.18. The van der Waals surface area contributed by atoms with Crippen molar-refractivity contribution in [1.29, 1.82) is 0 Å². The van der Waals surface area contributed by atoms with Crippen LogP contribution in [0, 0.1) is 6.92 Å². The van der Waals surface area contributed by atoms with E-state index < -0.39 is 45.0 Å². The summed E-state index contributed by atoms with van der Waals surface area (Å²) in [5, 5.41) is 3.87. The molecule has 0 radical (unpaired) electrons. The third-order valence-corrected chi connectivity index (χ3v) is 4.93. The maximum absolute atomic E-state index is 13.1. The lowest BCUT2D eigenvalue weighted by Gasteiger charge is -2.28. The van der Waals surface area contributed by atoms with Gasteiger partial charge in [0.15, 0.2) is 17.5 Å². The molecule has 178 valence electrons. The van der Waals surface area contributed by atoms with E-state index >= 15 is 0 Å². The standard InChI is InChI=1S/C18H21F3N2O8S/c1-9-8-23-11(7-10(22-23)15(24)28-5)13(31-32(26,27)18(19,20)21)12(9)14(16(25)29-6)30-17(2,3)4/h7-8,14H,1-6H3/t14-/m0/s1. The van der Waals surface area contributed by atoms with E-state index in [9.17, 15) is 31.2 Å². The zero-order valence-corrected chi connectivity index (χ0v) is 18.8. The number of ether oxygens (including phenoxy) is 3. The number of methoxy groups -OCH3 is 2. The second-order valence-corrected chi connectivity index (χ2v) is 9.06. The van der Waals surface area contributed by atoms with Crippen LogP contribution in [0.4, 0.5) is 13.2 Å². The highest BCUT2D eigenvalue weighted by Crippen LogP contribution is 2.40. The van der Waals surface area contributed by atoms with Gasteiger partial charge in [0.05, 0.1) is 19.8 Å². The van der Waals surface area contributed by atoms with Gasteiger partial charge in [0.25, 0.3) is 0 Å². The molecule has 0 N–H and O–H groups in total. The molecule has 2 aromatic heterocycles. The maximum atomic E-state index is 13.1. The van der Waals surface area contributed by atoms with E-state index in [4.69, 9.17) is 9.47 Å². The quantitative estimate of drug-likeness (QED) is 0.347. The SMILES string of the molecule is COC(=O)c1cc2c(OS(=O)(=O)C(F)(F)F)c([C@H](OC(C)(C)C)C(=O)OC)c(C)cn2n1. The number of carbonyl (C=O) groups is 2. The van der Waals surface area contributed by atoms with Gasteiger partial charge < -0.3 is 18.4 Å². The summed E-state index contributed by atoms with van der Waals surface area (Å²) < 4.78 is 83.3. The maximum Gasteiger partial charge on any atom is 0.534 e. The Hall–Kier alpha value is -2.87. The molecule has 2 aromatic rings. The van der Waals surface area contributed by atoms with Gasteiger partial charge in [-0.25, -0.2) is 14.1 Å². The van der Waals surface area contributed by atoms with Crippen molar-refractivity contribution in [3.8, 4) is 5.75 Å². The molecular weight excluding hydrogens is 461 g/mol. The first-order valence-electron chi connectivity index (χ1n) is 8.90. The van der Waals surface area contributed by atoms with Crippen molar-refractivity contribution in [2.24, 2.45) is 0 Å². The van der Waals surface area contributed by atoms with Crippen molar-refractivity contribution in [2.45, 2.75) is 44.9 Å². The largest absolute Gasteiger partial charge is 0.534 e. The molecule has 0 bridgehead atoms. The van der Waals surface area contributed by atoms with Crippen molar-refractivity contribution in [3.63, 3.8) is 0 Å². The van der Waals surface area contributed by atoms with Gasteiger partial charge in [-0.1, -0.05) is 0 Å². The van der Waals surface area contributed by atoms with Gasteiger partial charge in [0.2, 0.25) is 0 Å². The normalized spacial score (nSPS) is 13.7. The van der Waals surface area contributed by atoms with Gasteiger partial charge in [-0.2, -0.15) is 26.7 Å². The summed E-state index contributed by atoms with van der Waals surface area (Å²) in [6.07, 6.45) is -0.411. The van der Waals surface area contributed by atoms with E-state index in [1.54, 1.807) is 20.8 Å². The Kier molecular flexibility index (Phi) is 6.81. The van der Waals surface area contributed by atoms with Crippen LogP contribution in [0.5, 0.6) is 5.75 Å². The van der Waals surface area contributed by atoms with Crippen LogP contribution in [0.2, 0.25) is 0 Å². The minimum Gasteiger partial charge on any atom is -0.467 e. The highest BCUT2D eigenvalue weighted by atomic mass is 32.2. The molecule has 1 atom stereocenters. The smallest absolute Gasteiger partial charge is 0.467 e. The summed E-state index contributed by atoms with van der Waals surface area (Å²) in [5.74, 6) is -2.85. The zero-order chi connectivity index (χ0) is 24.6. The number of rotatable bonds is 6. The molecule has 0 spiro atoms. The minimum atomic E-state index is -6.17. The number of hydrogen-bond donors (Lipinski definition) is 0. The zero-order valence-electron chi connectivity index (χ0n) is 17.9. The molecular formula is C18H21F3N2O8S. The predicted octanol–water partition coefficient (Wildman–Crippen LogP) is 2.69. The van der Waals surface area contributed by atoms with Gasteiger partial charge in [-0.05, 0) is 33.3 Å². The van der Waals surface area contributed by atoms with Crippen LogP contribution in [0.3, 0.4) is 0 Å². The number of pyridine rings is 1. The number of nitrogens with zero attached hydrogens (tertiary/aromatic N) is 2. The van der Waals surface area contributed by atoms with Crippen molar-refractivity contribution in [3.05, 3.63) is 29.1 Å². The lowest BCUT2D eigenvalue weighted by atomic mass is 10.0. The Labute approximate surface area is 181 Å². The number of carbonyl (C=O) groups excluding carboxylic acids is 2. The monoisotopic (exact) mass is 482 g/mol. The fourth-order valence-electron chi connectivity index (χ4n) is 2.69. The van der Waals surface area contributed by atoms with E-state index in [2.05, 4.69) is 14.0 Å². The van der Waals surface area contributed by atoms with E-state index in [0.717, 1.165) is 24.8 Å². The number of alkyl halides is 3. The average molecular weight is 482 g/mol. The second kappa shape index (κ2) is 8.58. The Morgan fingerprint density at radius 1 is 1.12 bits per heavy atom. The van der Waals surface area contributed by atoms with Crippen LogP contribution in [0.15, 0.2) is 12.3 Å². The van der Waals surface area contributed by atoms with Gasteiger partial charge in [0, 0.05) is 17.8 Å². The molecule has 0 amide bonds. The molecule has 0 saturated carbocycles. The molecule has 2 rings (SSSR count). The van der Waals surface area contributed by atoms with Gasteiger partial charge in [0.1, 0.15) is 5.52 Å². The first-order chi connectivity index (χ1) is 14.5. The summed E-state index contributed by atoms with van der Waals surface area (Å²) in [5.41, 5.74) is -7.75. The second-order valence-electron chi connectivity index (χ2n) is 7.52. The number of fused-ring (bicyclic) bond motifs is 1. The van der Waals surface area contributed by atoms with Gasteiger partial charge in [-0.15, -0.1) is 0 Å². The molecule has 10 nitrogen and oxygen atoms in total. The molecule has 2 heterocycles. The predicted molar refractivity (Wildman–Crippen MR) is 102 cm³/mol. The number of hydrogen-bond acceptors (Lipinski definition) is 9. The summed E-state index contributed by atoms with van der Waals surface area (Å²) >= 11 is 0. The molecule has 0 aromatic carbocycles. The van der Waals surface area contributed by atoms with Crippen molar-refractivity contribution in [1.82, 2.24) is 9.61 Å². The van der Waals surface area contributed by atoms with Crippen LogP contribution < -0.4 is 4.18 Å². The lowest BCUT2D eigenvalue weighted by Crippen LogP contribution is -2.31. The number of halogens is 3. The Morgan fingerprint density at radius 2 is 1.72 bits per heavy atom. The Morgan fingerprint density at radius 3 is 2.19 bits per heavy atom. The molecule has 0 aliphatic heterocycles. The number of esters is 2. The number of aryl methyl sites for hydroxylation is 1. The first-order valence-corrected chi connectivity index (χ1v) is 10.3. The van der Waals surface area contributed by atoms with Crippen LogP contribution in [0.25, 0.3) is 5.52 Å². The van der Waals surface area contributed by atoms with Gasteiger partial charge >= 0.3 is 27.6 Å². The molecule has 0 unspecified atom stereocenters. The van der Waals surface area contributed by atoms with Crippen LogP contribution in [0.1, 0.15) is 48.5 Å². The Bertz CT molecular complexity index is 1150. The minimum absolute atomic E-state index is 0.0732. The van der Waals surface area contributed by atoms with E-state index in [0.29, 0.717) is 0 Å². The van der Waals surface area contributed by atoms with E-state index in [1.165, 1.54) is 13.1 Å². The third kappa shape index (κ3) is 5.12. The highest BCUT2D eigenvalue weighted by molar-refractivity contribution is 7.88. The summed E-state index contributed by atoms with van der Waals surface area (Å²) in [7, 11) is -4.09.